The van der Waals surface area contributed by atoms with Gasteiger partial charge in [-0.2, -0.15) is 0 Å². The maximum Gasteiger partial charge on any atom is 0.329 e. The molecule has 2 fully saturated rings. The van der Waals surface area contributed by atoms with Crippen LogP contribution in [-0.4, -0.2) is 43.1 Å². The highest BCUT2D eigenvalue weighted by Gasteiger charge is 2.33. The van der Waals surface area contributed by atoms with E-state index in [-0.39, 0.29) is 18.5 Å². The molecule has 0 unspecified atom stereocenters. The van der Waals surface area contributed by atoms with E-state index < -0.39 is 0 Å². The second kappa shape index (κ2) is 7.86. The molecule has 2 saturated heterocycles. The highest BCUT2D eigenvalue weighted by Crippen LogP contribution is 2.23. The normalized spacial score (nSPS) is 18.7. The standard InChI is InChI=1S/C22H23N3O3/c1-16-13-19(24-9-11-28-12-10-24)8-7-18(16)14-20-21(26)25(22(27)23-20)15-17-5-3-2-4-6-17/h2-8,13-14H,9-12,15H2,1H3,(H,23,27). The third-order valence-corrected chi connectivity index (χ3v) is 5.08. The van der Waals surface area contributed by atoms with E-state index in [0.717, 1.165) is 48.7 Å². The smallest absolute Gasteiger partial charge is 0.329 e. The quantitative estimate of drug-likeness (QED) is 0.657. The number of carbonyl (C=O) groups excluding carboxylic acids is 2. The Balaban J connectivity index is 1.52. The second-order valence-corrected chi connectivity index (χ2v) is 7.01. The number of hydrogen-bond donors (Lipinski definition) is 1. The lowest BCUT2D eigenvalue weighted by Crippen LogP contribution is -2.36. The van der Waals surface area contributed by atoms with Gasteiger partial charge in [-0.3, -0.25) is 9.69 Å². The monoisotopic (exact) mass is 377 g/mol. The third kappa shape index (κ3) is 3.77. The van der Waals surface area contributed by atoms with Crippen molar-refractivity contribution in [2.45, 2.75) is 13.5 Å². The fraction of sp³-hybridized carbons (Fsp3) is 0.273. The first-order chi connectivity index (χ1) is 13.6. The molecule has 0 bridgehead atoms. The van der Waals surface area contributed by atoms with Crippen molar-refractivity contribution in [1.29, 1.82) is 0 Å². The fourth-order valence-corrected chi connectivity index (χ4v) is 3.48. The van der Waals surface area contributed by atoms with Crippen LogP contribution in [0.15, 0.2) is 54.2 Å². The summed E-state index contributed by atoms with van der Waals surface area (Å²) in [5.74, 6) is -0.300. The predicted octanol–water partition coefficient (Wildman–Crippen LogP) is 2.92. The lowest BCUT2D eigenvalue weighted by Gasteiger charge is -2.29. The van der Waals surface area contributed by atoms with Gasteiger partial charge in [-0.15, -0.1) is 0 Å². The van der Waals surface area contributed by atoms with E-state index in [1.807, 2.05) is 49.4 Å². The molecule has 0 radical (unpaired) electrons. The number of amides is 3. The number of nitrogens with one attached hydrogen (secondary N) is 1. The molecule has 28 heavy (non-hydrogen) atoms. The summed E-state index contributed by atoms with van der Waals surface area (Å²) in [7, 11) is 0. The molecule has 2 aromatic rings. The summed E-state index contributed by atoms with van der Waals surface area (Å²) in [6.07, 6.45) is 1.75. The van der Waals surface area contributed by atoms with E-state index >= 15 is 0 Å². The van der Waals surface area contributed by atoms with Crippen molar-refractivity contribution in [1.82, 2.24) is 10.2 Å². The minimum Gasteiger partial charge on any atom is -0.378 e. The number of ether oxygens (including phenoxy) is 1. The lowest BCUT2D eigenvalue weighted by atomic mass is 10.1. The van der Waals surface area contributed by atoms with Gasteiger partial charge in [0.25, 0.3) is 5.91 Å². The molecular formula is C22H23N3O3. The van der Waals surface area contributed by atoms with Gasteiger partial charge in [-0.05, 0) is 41.8 Å². The van der Waals surface area contributed by atoms with Crippen molar-refractivity contribution in [3.05, 3.63) is 70.9 Å². The molecule has 0 atom stereocenters. The SMILES string of the molecule is Cc1cc(N2CCOCC2)ccc1C=C1NC(=O)N(Cc2ccccc2)C1=O. The Labute approximate surface area is 164 Å². The molecule has 6 heteroatoms. The van der Waals surface area contributed by atoms with Gasteiger partial charge < -0.3 is 15.0 Å². The van der Waals surface area contributed by atoms with Crippen LogP contribution in [0.1, 0.15) is 16.7 Å². The Hall–Kier alpha value is -3.12. The molecule has 0 aromatic heterocycles. The number of urea groups is 1. The Morgan fingerprint density at radius 2 is 1.82 bits per heavy atom. The van der Waals surface area contributed by atoms with Crippen molar-refractivity contribution in [2.75, 3.05) is 31.2 Å². The van der Waals surface area contributed by atoms with Gasteiger partial charge in [0.2, 0.25) is 0 Å². The first kappa shape index (κ1) is 18.3. The van der Waals surface area contributed by atoms with Gasteiger partial charge in [-0.1, -0.05) is 36.4 Å². The van der Waals surface area contributed by atoms with Gasteiger partial charge >= 0.3 is 6.03 Å². The number of imide groups is 1. The van der Waals surface area contributed by atoms with Crippen LogP contribution in [0, 0.1) is 6.92 Å². The van der Waals surface area contributed by atoms with E-state index in [1.54, 1.807) is 6.08 Å². The van der Waals surface area contributed by atoms with E-state index in [0.29, 0.717) is 5.70 Å². The van der Waals surface area contributed by atoms with Crippen LogP contribution in [0.2, 0.25) is 0 Å². The molecule has 2 heterocycles. The zero-order valence-corrected chi connectivity index (χ0v) is 15.9. The van der Waals surface area contributed by atoms with Crippen molar-refractivity contribution in [3.8, 4) is 0 Å². The third-order valence-electron chi connectivity index (χ3n) is 5.08. The van der Waals surface area contributed by atoms with E-state index in [2.05, 4.69) is 16.3 Å². The predicted molar refractivity (Wildman–Crippen MR) is 108 cm³/mol. The van der Waals surface area contributed by atoms with Crippen LogP contribution in [-0.2, 0) is 16.1 Å². The van der Waals surface area contributed by atoms with Crippen LogP contribution < -0.4 is 10.2 Å². The molecule has 0 saturated carbocycles. The summed E-state index contributed by atoms with van der Waals surface area (Å²) in [4.78, 5) is 28.5. The largest absolute Gasteiger partial charge is 0.378 e. The van der Waals surface area contributed by atoms with Crippen LogP contribution >= 0.6 is 0 Å². The Morgan fingerprint density at radius 3 is 2.54 bits per heavy atom. The fourth-order valence-electron chi connectivity index (χ4n) is 3.48. The van der Waals surface area contributed by atoms with E-state index in [4.69, 9.17) is 4.74 Å². The van der Waals surface area contributed by atoms with Gasteiger partial charge in [0.1, 0.15) is 5.70 Å². The Morgan fingerprint density at radius 1 is 1.07 bits per heavy atom. The molecule has 144 valence electrons. The van der Waals surface area contributed by atoms with Gasteiger partial charge in [-0.25, -0.2) is 4.79 Å². The molecule has 4 rings (SSSR count). The minimum absolute atomic E-state index is 0.262. The molecule has 2 aromatic carbocycles. The van der Waals surface area contributed by atoms with Crippen LogP contribution in [0.4, 0.5) is 10.5 Å². The summed E-state index contributed by atoms with van der Waals surface area (Å²) in [5, 5.41) is 2.70. The summed E-state index contributed by atoms with van der Waals surface area (Å²) >= 11 is 0. The first-order valence-electron chi connectivity index (χ1n) is 9.43. The Kier molecular flexibility index (Phi) is 5.12. The number of nitrogens with zero attached hydrogens (tertiary/aromatic N) is 2. The number of hydrogen-bond acceptors (Lipinski definition) is 4. The minimum atomic E-state index is -0.386. The van der Waals surface area contributed by atoms with Crippen molar-refractivity contribution >= 4 is 23.7 Å². The summed E-state index contributed by atoms with van der Waals surface area (Å²) in [6.45, 7) is 5.51. The first-order valence-corrected chi connectivity index (χ1v) is 9.43. The van der Waals surface area contributed by atoms with E-state index in [9.17, 15) is 9.59 Å². The number of anilines is 1. The molecular weight excluding hydrogens is 354 g/mol. The topological polar surface area (TPSA) is 61.9 Å². The number of carbonyl (C=O) groups is 2. The van der Waals surface area contributed by atoms with Gasteiger partial charge in [0.05, 0.1) is 19.8 Å². The van der Waals surface area contributed by atoms with Crippen LogP contribution in [0.3, 0.4) is 0 Å². The van der Waals surface area contributed by atoms with Crippen molar-refractivity contribution < 1.29 is 14.3 Å². The van der Waals surface area contributed by atoms with Crippen LogP contribution in [0.25, 0.3) is 6.08 Å². The van der Waals surface area contributed by atoms with Gasteiger partial charge in [0, 0.05) is 18.8 Å². The number of morpholine rings is 1. The molecule has 2 aliphatic heterocycles. The summed E-state index contributed by atoms with van der Waals surface area (Å²) in [6, 6.07) is 15.3. The molecule has 0 aliphatic carbocycles. The number of rotatable bonds is 4. The van der Waals surface area contributed by atoms with E-state index in [1.165, 1.54) is 4.90 Å². The molecule has 3 amide bonds. The maximum absolute atomic E-state index is 12.7. The average Bonchev–Trinajstić information content (AvgIpc) is 2.98. The highest BCUT2D eigenvalue weighted by molar-refractivity contribution is 6.14. The maximum atomic E-state index is 12.7. The highest BCUT2D eigenvalue weighted by atomic mass is 16.5. The molecule has 1 N–H and O–H groups in total. The second-order valence-electron chi connectivity index (χ2n) is 7.01. The molecule has 2 aliphatic rings. The van der Waals surface area contributed by atoms with Crippen molar-refractivity contribution in [3.63, 3.8) is 0 Å². The summed E-state index contributed by atoms with van der Waals surface area (Å²) in [5.41, 5.74) is 4.35. The average molecular weight is 377 g/mol. The summed E-state index contributed by atoms with van der Waals surface area (Å²) < 4.78 is 5.40. The zero-order valence-electron chi connectivity index (χ0n) is 15.9. The van der Waals surface area contributed by atoms with Crippen molar-refractivity contribution in [2.24, 2.45) is 0 Å². The lowest BCUT2D eigenvalue weighted by molar-refractivity contribution is -0.123. The number of benzene rings is 2. The molecule has 6 nitrogen and oxygen atoms in total. The zero-order chi connectivity index (χ0) is 19.5. The number of aryl methyl sites for hydroxylation is 1. The van der Waals surface area contributed by atoms with Crippen LogP contribution in [0.5, 0.6) is 0 Å². The Bertz CT molecular complexity index is 918. The van der Waals surface area contributed by atoms with Gasteiger partial charge in [0.15, 0.2) is 0 Å². The molecule has 0 spiro atoms.